The fourth-order valence-electron chi connectivity index (χ4n) is 3.62. The second-order valence-corrected chi connectivity index (χ2v) is 8.21. The first kappa shape index (κ1) is 19.4. The van der Waals surface area contributed by atoms with Gasteiger partial charge in [-0.25, -0.2) is 4.79 Å². The Labute approximate surface area is 174 Å². The van der Waals surface area contributed by atoms with Crippen LogP contribution in [0, 0.1) is 0 Å². The predicted octanol–water partition coefficient (Wildman–Crippen LogP) is 6.12. The van der Waals surface area contributed by atoms with E-state index in [0.29, 0.717) is 12.1 Å². The minimum absolute atomic E-state index is 0.318. The Morgan fingerprint density at radius 2 is 1.69 bits per heavy atom. The Morgan fingerprint density at radius 1 is 0.931 bits per heavy atom. The van der Waals surface area contributed by atoms with Crippen LogP contribution >= 0.6 is 11.3 Å². The van der Waals surface area contributed by atoms with Crippen LogP contribution in [0.25, 0.3) is 21.2 Å². The topological polar surface area (TPSA) is 49.3 Å². The summed E-state index contributed by atoms with van der Waals surface area (Å²) in [6.07, 6.45) is 1.02. The number of carboxylic acid groups (broad SMARTS) is 1. The molecule has 4 rings (SSSR count). The van der Waals surface area contributed by atoms with E-state index in [2.05, 4.69) is 60.8 Å². The molecule has 0 bridgehead atoms. The summed E-state index contributed by atoms with van der Waals surface area (Å²) in [5, 5.41) is 13.8. The van der Waals surface area contributed by atoms with Gasteiger partial charge in [-0.15, -0.1) is 11.3 Å². The zero-order valence-electron chi connectivity index (χ0n) is 16.3. The fraction of sp³-hybridized carbons (Fsp3) is 0.160. The van der Waals surface area contributed by atoms with Crippen LogP contribution in [0.5, 0.6) is 0 Å². The van der Waals surface area contributed by atoms with Gasteiger partial charge in [0.2, 0.25) is 0 Å². The number of thiophene rings is 1. The molecule has 0 saturated heterocycles. The van der Waals surface area contributed by atoms with Crippen molar-refractivity contribution in [3.63, 3.8) is 0 Å². The second kappa shape index (κ2) is 8.60. The first-order chi connectivity index (χ1) is 14.2. The number of aromatic carboxylic acids is 1. The summed E-state index contributed by atoms with van der Waals surface area (Å²) in [5.74, 6) is -0.893. The van der Waals surface area contributed by atoms with Crippen LogP contribution in [-0.4, -0.2) is 11.1 Å². The number of aryl methyl sites for hydroxylation is 1. The summed E-state index contributed by atoms with van der Waals surface area (Å²) >= 11 is 1.82. The maximum atomic E-state index is 11.0. The molecule has 0 aliphatic heterocycles. The van der Waals surface area contributed by atoms with Gasteiger partial charge in [0, 0.05) is 28.1 Å². The molecule has 0 amide bonds. The third kappa shape index (κ3) is 4.24. The standard InChI is InChI=1S/C25H23NO2S/c1-2-18-6-3-4-7-21(18)22-8-5-9-24-23(22)14-20(29-24)16-26-15-17-10-12-19(13-11-17)25(27)28/h3-14,26H,2,15-16H2,1H3,(H,27,28). The minimum atomic E-state index is -0.893. The van der Waals surface area contributed by atoms with Crippen molar-refractivity contribution in [2.75, 3.05) is 0 Å². The number of hydrogen-bond donors (Lipinski definition) is 2. The van der Waals surface area contributed by atoms with Crippen LogP contribution in [0.2, 0.25) is 0 Å². The van der Waals surface area contributed by atoms with Gasteiger partial charge < -0.3 is 10.4 Å². The van der Waals surface area contributed by atoms with Crippen molar-refractivity contribution in [2.45, 2.75) is 26.4 Å². The molecule has 1 aromatic heterocycles. The lowest BCUT2D eigenvalue weighted by Gasteiger charge is -2.09. The highest BCUT2D eigenvalue weighted by Gasteiger charge is 2.10. The van der Waals surface area contributed by atoms with Crippen molar-refractivity contribution in [3.8, 4) is 11.1 Å². The molecule has 0 aliphatic carbocycles. The van der Waals surface area contributed by atoms with Crippen LogP contribution in [0.4, 0.5) is 0 Å². The van der Waals surface area contributed by atoms with Crippen molar-refractivity contribution in [1.82, 2.24) is 5.32 Å². The van der Waals surface area contributed by atoms with Gasteiger partial charge in [-0.1, -0.05) is 55.5 Å². The van der Waals surface area contributed by atoms with Gasteiger partial charge in [0.05, 0.1) is 5.56 Å². The molecule has 0 unspecified atom stereocenters. The molecule has 29 heavy (non-hydrogen) atoms. The van der Waals surface area contributed by atoms with E-state index in [0.717, 1.165) is 18.5 Å². The molecule has 146 valence electrons. The van der Waals surface area contributed by atoms with Gasteiger partial charge in [0.1, 0.15) is 0 Å². The number of carbonyl (C=O) groups is 1. The Balaban J connectivity index is 1.51. The van der Waals surface area contributed by atoms with Gasteiger partial charge in [0.15, 0.2) is 0 Å². The average molecular weight is 402 g/mol. The molecule has 0 atom stereocenters. The van der Waals surface area contributed by atoms with E-state index in [9.17, 15) is 4.79 Å². The third-order valence-electron chi connectivity index (χ3n) is 5.13. The Hall–Kier alpha value is -2.95. The zero-order valence-corrected chi connectivity index (χ0v) is 17.1. The van der Waals surface area contributed by atoms with E-state index in [1.165, 1.54) is 31.7 Å². The molecule has 2 N–H and O–H groups in total. The third-order valence-corrected chi connectivity index (χ3v) is 6.23. The maximum absolute atomic E-state index is 11.0. The van der Waals surface area contributed by atoms with Gasteiger partial charge in [-0.05, 0) is 52.9 Å². The summed E-state index contributed by atoms with van der Waals surface area (Å²) < 4.78 is 1.30. The zero-order chi connectivity index (χ0) is 20.2. The highest BCUT2D eigenvalue weighted by atomic mass is 32.1. The predicted molar refractivity (Wildman–Crippen MR) is 121 cm³/mol. The van der Waals surface area contributed by atoms with Crippen molar-refractivity contribution in [1.29, 1.82) is 0 Å². The lowest BCUT2D eigenvalue weighted by Crippen LogP contribution is -2.11. The molecule has 0 aliphatic rings. The van der Waals surface area contributed by atoms with Crippen LogP contribution in [0.15, 0.2) is 72.8 Å². The molecule has 0 spiro atoms. The molecule has 3 nitrogen and oxygen atoms in total. The van der Waals surface area contributed by atoms with Crippen molar-refractivity contribution in [3.05, 3.63) is 94.4 Å². The molecular weight excluding hydrogens is 378 g/mol. The summed E-state index contributed by atoms with van der Waals surface area (Å²) in [6.45, 7) is 3.69. The van der Waals surface area contributed by atoms with Gasteiger partial charge in [0.25, 0.3) is 0 Å². The Bertz CT molecular complexity index is 1150. The fourth-order valence-corrected chi connectivity index (χ4v) is 4.68. The molecule has 4 aromatic rings. The maximum Gasteiger partial charge on any atom is 0.335 e. The van der Waals surface area contributed by atoms with Gasteiger partial charge >= 0.3 is 5.97 Å². The van der Waals surface area contributed by atoms with E-state index < -0.39 is 5.97 Å². The summed E-state index contributed by atoms with van der Waals surface area (Å²) in [5.41, 5.74) is 5.38. The van der Waals surface area contributed by atoms with E-state index >= 15 is 0 Å². The highest BCUT2D eigenvalue weighted by Crippen LogP contribution is 2.35. The molecule has 3 aromatic carbocycles. The first-order valence-corrected chi connectivity index (χ1v) is 10.6. The number of fused-ring (bicyclic) bond motifs is 1. The van der Waals surface area contributed by atoms with Crippen molar-refractivity contribution in [2.24, 2.45) is 0 Å². The lowest BCUT2D eigenvalue weighted by atomic mass is 9.96. The number of carboxylic acids is 1. The second-order valence-electron chi connectivity index (χ2n) is 7.05. The molecule has 4 heteroatoms. The summed E-state index contributed by atoms with van der Waals surface area (Å²) in [7, 11) is 0. The van der Waals surface area contributed by atoms with Crippen molar-refractivity contribution >= 4 is 27.4 Å². The minimum Gasteiger partial charge on any atom is -0.478 e. The number of hydrogen-bond acceptors (Lipinski definition) is 3. The average Bonchev–Trinajstić information content (AvgIpc) is 3.17. The normalized spacial score (nSPS) is 11.1. The SMILES string of the molecule is CCc1ccccc1-c1cccc2sc(CNCc3ccc(C(=O)O)cc3)cc12. The quantitative estimate of drug-likeness (QED) is 0.392. The Kier molecular flexibility index (Phi) is 5.74. The Morgan fingerprint density at radius 3 is 2.45 bits per heavy atom. The van der Waals surface area contributed by atoms with E-state index in [1.54, 1.807) is 12.1 Å². The molecule has 0 fully saturated rings. The first-order valence-electron chi connectivity index (χ1n) is 9.78. The van der Waals surface area contributed by atoms with Crippen LogP contribution < -0.4 is 5.32 Å². The molecule has 0 radical (unpaired) electrons. The largest absolute Gasteiger partial charge is 0.478 e. The summed E-state index contributed by atoms with van der Waals surface area (Å²) in [6, 6.07) is 24.5. The van der Waals surface area contributed by atoms with Crippen LogP contribution in [-0.2, 0) is 19.5 Å². The highest BCUT2D eigenvalue weighted by molar-refractivity contribution is 7.19. The van der Waals surface area contributed by atoms with E-state index in [4.69, 9.17) is 5.11 Å². The monoisotopic (exact) mass is 401 g/mol. The number of rotatable bonds is 7. The number of benzene rings is 3. The summed E-state index contributed by atoms with van der Waals surface area (Å²) in [4.78, 5) is 12.2. The van der Waals surface area contributed by atoms with E-state index in [-0.39, 0.29) is 0 Å². The van der Waals surface area contributed by atoms with Crippen LogP contribution in [0.1, 0.15) is 33.3 Å². The number of nitrogens with one attached hydrogen (secondary N) is 1. The smallest absolute Gasteiger partial charge is 0.335 e. The lowest BCUT2D eigenvalue weighted by molar-refractivity contribution is 0.0697. The molecule has 0 saturated carbocycles. The molecule has 1 heterocycles. The van der Waals surface area contributed by atoms with Crippen LogP contribution in [0.3, 0.4) is 0 Å². The van der Waals surface area contributed by atoms with Crippen molar-refractivity contribution < 1.29 is 9.90 Å². The van der Waals surface area contributed by atoms with Gasteiger partial charge in [-0.2, -0.15) is 0 Å². The van der Waals surface area contributed by atoms with E-state index in [1.807, 2.05) is 23.5 Å². The molecular formula is C25H23NO2S. The van der Waals surface area contributed by atoms with Gasteiger partial charge in [-0.3, -0.25) is 0 Å².